The molecule has 18 heavy (non-hydrogen) atoms. The lowest BCUT2D eigenvalue weighted by Crippen LogP contribution is -2.12. The second-order valence-corrected chi connectivity index (χ2v) is 4.70. The number of anilines is 1. The molecule has 0 aliphatic heterocycles. The fraction of sp³-hybridized carbons (Fsp3) is 0.154. The first kappa shape index (κ1) is 12.6. The molecule has 0 spiro atoms. The third-order valence-electron chi connectivity index (χ3n) is 2.41. The molecule has 0 aliphatic carbocycles. The minimum absolute atomic E-state index is 0.0936. The summed E-state index contributed by atoms with van der Waals surface area (Å²) in [4.78, 5) is 12.8. The van der Waals surface area contributed by atoms with Gasteiger partial charge in [0.25, 0.3) is 0 Å². The van der Waals surface area contributed by atoms with E-state index in [0.29, 0.717) is 6.42 Å². The van der Waals surface area contributed by atoms with Gasteiger partial charge in [-0.3, -0.25) is 0 Å². The number of rotatable bonds is 4. The lowest BCUT2D eigenvalue weighted by atomic mass is 10.2. The van der Waals surface area contributed by atoms with Gasteiger partial charge < -0.3 is 10.5 Å². The highest BCUT2D eigenvalue weighted by Crippen LogP contribution is 2.17. The lowest BCUT2D eigenvalue weighted by molar-refractivity contribution is 0.0506. The summed E-state index contributed by atoms with van der Waals surface area (Å²) in [5.41, 5.74) is 5.45. The normalized spacial score (nSPS) is 10.3. The van der Waals surface area contributed by atoms with E-state index >= 15 is 0 Å². The molecule has 1 heterocycles. The first-order valence-corrected chi connectivity index (χ1v) is 6.30. The van der Waals surface area contributed by atoms with Crippen LogP contribution in [0.1, 0.15) is 15.2 Å². The van der Waals surface area contributed by atoms with Gasteiger partial charge in [0.15, 0.2) is 0 Å². The van der Waals surface area contributed by atoms with E-state index in [-0.39, 0.29) is 17.9 Å². The zero-order valence-corrected chi connectivity index (χ0v) is 10.4. The van der Waals surface area contributed by atoms with Crippen molar-refractivity contribution in [2.75, 3.05) is 12.3 Å². The van der Waals surface area contributed by atoms with E-state index in [4.69, 9.17) is 10.5 Å². The van der Waals surface area contributed by atoms with Crippen LogP contribution in [-0.2, 0) is 11.2 Å². The summed E-state index contributed by atoms with van der Waals surface area (Å²) in [7, 11) is 0. The average Bonchev–Trinajstić information content (AvgIpc) is 2.82. The molecular weight excluding hydrogens is 253 g/mol. The van der Waals surface area contributed by atoms with Crippen LogP contribution in [0.4, 0.5) is 10.1 Å². The highest BCUT2D eigenvalue weighted by atomic mass is 32.1. The van der Waals surface area contributed by atoms with Crippen LogP contribution in [0.25, 0.3) is 0 Å². The number of carbonyl (C=O) groups is 1. The zero-order valence-electron chi connectivity index (χ0n) is 9.56. The maximum absolute atomic E-state index is 13.4. The van der Waals surface area contributed by atoms with Crippen molar-refractivity contribution in [3.8, 4) is 0 Å². The molecule has 5 heteroatoms. The van der Waals surface area contributed by atoms with Gasteiger partial charge >= 0.3 is 5.97 Å². The highest BCUT2D eigenvalue weighted by molar-refractivity contribution is 7.09. The van der Waals surface area contributed by atoms with Gasteiger partial charge in [0.2, 0.25) is 0 Å². The number of esters is 1. The Morgan fingerprint density at radius 3 is 2.83 bits per heavy atom. The van der Waals surface area contributed by atoms with Crippen molar-refractivity contribution >= 4 is 23.0 Å². The molecule has 3 nitrogen and oxygen atoms in total. The SMILES string of the molecule is Nc1cccc(F)c1C(=O)OCCc1cccs1. The number of halogens is 1. The third kappa shape index (κ3) is 2.87. The molecule has 0 radical (unpaired) electrons. The van der Waals surface area contributed by atoms with Crippen molar-refractivity contribution in [1.29, 1.82) is 0 Å². The van der Waals surface area contributed by atoms with Crippen molar-refractivity contribution in [3.63, 3.8) is 0 Å². The molecule has 0 fully saturated rings. The second-order valence-electron chi connectivity index (χ2n) is 3.67. The number of carbonyl (C=O) groups excluding carboxylic acids is 1. The molecule has 0 saturated carbocycles. The number of thiophene rings is 1. The van der Waals surface area contributed by atoms with Gasteiger partial charge in [-0.05, 0) is 23.6 Å². The number of hydrogen-bond acceptors (Lipinski definition) is 4. The first-order chi connectivity index (χ1) is 8.68. The minimum atomic E-state index is -0.720. The van der Waals surface area contributed by atoms with Crippen LogP contribution in [0.15, 0.2) is 35.7 Å². The fourth-order valence-corrected chi connectivity index (χ4v) is 2.22. The molecule has 0 unspecified atom stereocenters. The molecule has 0 saturated heterocycles. The van der Waals surface area contributed by atoms with Crippen LogP contribution in [0.2, 0.25) is 0 Å². The summed E-state index contributed by atoms with van der Waals surface area (Å²) < 4.78 is 18.4. The maximum Gasteiger partial charge on any atom is 0.343 e. The Hall–Kier alpha value is -1.88. The molecule has 1 aromatic carbocycles. The molecule has 2 rings (SSSR count). The first-order valence-electron chi connectivity index (χ1n) is 5.42. The Kier molecular flexibility index (Phi) is 3.94. The van der Waals surface area contributed by atoms with Crippen LogP contribution in [0.5, 0.6) is 0 Å². The Bertz CT molecular complexity index is 520. The predicted molar refractivity (Wildman–Crippen MR) is 69.1 cm³/mol. The van der Waals surface area contributed by atoms with Crippen LogP contribution >= 0.6 is 11.3 Å². The van der Waals surface area contributed by atoms with Crippen molar-refractivity contribution in [2.24, 2.45) is 0 Å². The minimum Gasteiger partial charge on any atom is -0.462 e. The summed E-state index contributed by atoms with van der Waals surface area (Å²) in [6, 6.07) is 7.99. The number of hydrogen-bond donors (Lipinski definition) is 1. The molecular formula is C13H12FNO2S. The molecule has 94 valence electrons. The third-order valence-corrected chi connectivity index (χ3v) is 3.35. The van der Waals surface area contributed by atoms with E-state index in [2.05, 4.69) is 0 Å². The van der Waals surface area contributed by atoms with Crippen molar-refractivity contribution < 1.29 is 13.9 Å². The molecule has 0 atom stereocenters. The molecule has 0 aliphatic rings. The summed E-state index contributed by atoms with van der Waals surface area (Å²) >= 11 is 1.59. The molecule has 2 N–H and O–H groups in total. The van der Waals surface area contributed by atoms with Gasteiger partial charge in [-0.15, -0.1) is 11.3 Å². The van der Waals surface area contributed by atoms with E-state index in [1.54, 1.807) is 11.3 Å². The van der Waals surface area contributed by atoms with Crippen LogP contribution < -0.4 is 5.73 Å². The van der Waals surface area contributed by atoms with E-state index in [0.717, 1.165) is 4.88 Å². The second kappa shape index (κ2) is 5.64. The van der Waals surface area contributed by atoms with Crippen LogP contribution in [-0.4, -0.2) is 12.6 Å². The van der Waals surface area contributed by atoms with E-state index in [1.807, 2.05) is 17.5 Å². The summed E-state index contributed by atoms with van der Waals surface area (Å²) in [5.74, 6) is -1.38. The number of nitrogens with two attached hydrogens (primary N) is 1. The van der Waals surface area contributed by atoms with Gasteiger partial charge in [-0.1, -0.05) is 12.1 Å². The van der Waals surface area contributed by atoms with Crippen molar-refractivity contribution in [1.82, 2.24) is 0 Å². The largest absolute Gasteiger partial charge is 0.462 e. The predicted octanol–water partition coefficient (Wildman–Crippen LogP) is 2.87. The topological polar surface area (TPSA) is 52.3 Å². The van der Waals surface area contributed by atoms with Crippen LogP contribution in [0.3, 0.4) is 0 Å². The van der Waals surface area contributed by atoms with Crippen LogP contribution in [0, 0.1) is 5.82 Å². The Morgan fingerprint density at radius 1 is 1.33 bits per heavy atom. The number of benzene rings is 1. The van der Waals surface area contributed by atoms with E-state index in [9.17, 15) is 9.18 Å². The van der Waals surface area contributed by atoms with Crippen molar-refractivity contribution in [3.05, 3.63) is 52.0 Å². The Balaban J connectivity index is 1.96. The van der Waals surface area contributed by atoms with Gasteiger partial charge in [0.1, 0.15) is 11.4 Å². The summed E-state index contributed by atoms with van der Waals surface area (Å²) in [6.45, 7) is 0.215. The highest BCUT2D eigenvalue weighted by Gasteiger charge is 2.16. The summed E-state index contributed by atoms with van der Waals surface area (Å²) in [6.07, 6.45) is 0.623. The Morgan fingerprint density at radius 2 is 2.17 bits per heavy atom. The standard InChI is InChI=1S/C13H12FNO2S/c14-10-4-1-5-11(15)12(10)13(16)17-7-6-9-3-2-8-18-9/h1-5,8H,6-7,15H2. The Labute approximate surface area is 108 Å². The molecule has 2 aromatic rings. The molecule has 0 amide bonds. The van der Waals surface area contributed by atoms with Gasteiger partial charge in [0.05, 0.1) is 6.61 Å². The van der Waals surface area contributed by atoms with Gasteiger partial charge in [0, 0.05) is 17.0 Å². The van der Waals surface area contributed by atoms with Gasteiger partial charge in [-0.25, -0.2) is 9.18 Å². The monoisotopic (exact) mass is 265 g/mol. The number of nitrogen functional groups attached to an aromatic ring is 1. The number of ether oxygens (including phenoxy) is 1. The van der Waals surface area contributed by atoms with Crippen molar-refractivity contribution in [2.45, 2.75) is 6.42 Å². The van der Waals surface area contributed by atoms with E-state index in [1.165, 1.54) is 18.2 Å². The van der Waals surface area contributed by atoms with E-state index < -0.39 is 11.8 Å². The summed E-state index contributed by atoms with van der Waals surface area (Å²) in [5, 5.41) is 1.95. The quantitative estimate of drug-likeness (QED) is 0.683. The molecule has 1 aromatic heterocycles. The molecule has 0 bridgehead atoms. The lowest BCUT2D eigenvalue weighted by Gasteiger charge is -2.07. The van der Waals surface area contributed by atoms with Gasteiger partial charge in [-0.2, -0.15) is 0 Å². The smallest absolute Gasteiger partial charge is 0.343 e. The average molecular weight is 265 g/mol. The fourth-order valence-electron chi connectivity index (χ4n) is 1.53. The maximum atomic E-state index is 13.4. The zero-order chi connectivity index (χ0) is 13.0.